The maximum absolute atomic E-state index is 14.7. The lowest BCUT2D eigenvalue weighted by Crippen LogP contribution is -2.50. The molecule has 5 rings (SSSR count). The van der Waals surface area contributed by atoms with E-state index in [9.17, 15) is 18.7 Å². The Kier molecular flexibility index (Phi) is 5.85. The maximum Gasteiger partial charge on any atom is 0.409 e. The summed E-state index contributed by atoms with van der Waals surface area (Å²) < 4.78 is 30.5. The van der Waals surface area contributed by atoms with Crippen LogP contribution in [0.1, 0.15) is 23.5 Å². The Balaban J connectivity index is 1.53. The number of benzene rings is 2. The fourth-order valence-corrected chi connectivity index (χ4v) is 4.69. The summed E-state index contributed by atoms with van der Waals surface area (Å²) in [6.45, 7) is 0. The van der Waals surface area contributed by atoms with Gasteiger partial charge in [0.25, 0.3) is 5.69 Å². The van der Waals surface area contributed by atoms with Crippen LogP contribution in [0.15, 0.2) is 54.9 Å². The monoisotopic (exact) mass is 513 g/mol. The summed E-state index contributed by atoms with van der Waals surface area (Å²) in [5.74, 6) is -1.39. The van der Waals surface area contributed by atoms with Crippen molar-refractivity contribution in [2.75, 3.05) is 12.4 Å². The lowest BCUT2D eigenvalue weighted by Gasteiger charge is -2.18. The first kappa shape index (κ1) is 23.7. The Labute approximate surface area is 208 Å². The van der Waals surface area contributed by atoms with Gasteiger partial charge in [0.2, 0.25) is 11.8 Å². The molecule has 36 heavy (non-hydrogen) atoms. The van der Waals surface area contributed by atoms with Crippen molar-refractivity contribution < 1.29 is 33.4 Å². The molecule has 0 saturated heterocycles. The topological polar surface area (TPSA) is 111 Å². The van der Waals surface area contributed by atoms with Crippen molar-refractivity contribution in [1.29, 1.82) is 0 Å². The second-order valence-electron chi connectivity index (χ2n) is 8.34. The van der Waals surface area contributed by atoms with Crippen molar-refractivity contribution in [2.24, 2.45) is 0 Å². The highest BCUT2D eigenvalue weighted by atomic mass is 35.5. The molecule has 0 saturated carbocycles. The summed E-state index contributed by atoms with van der Waals surface area (Å²) in [7, 11) is 1.38. The van der Waals surface area contributed by atoms with Crippen LogP contribution in [0.3, 0.4) is 0 Å². The average molecular weight is 514 g/mol. The summed E-state index contributed by atoms with van der Waals surface area (Å²) in [6.07, 6.45) is 2.45. The molecule has 0 bridgehead atoms. The number of carbonyl (C=O) groups is 1. The first-order valence-electron chi connectivity index (χ1n) is 10.9. The molecular weight excluding hydrogens is 494 g/mol. The molecule has 0 radical (unpaired) electrons. The maximum atomic E-state index is 14.7. The van der Waals surface area contributed by atoms with Crippen molar-refractivity contribution in [3.63, 3.8) is 0 Å². The Morgan fingerprint density at radius 3 is 2.67 bits per heavy atom. The summed E-state index contributed by atoms with van der Waals surface area (Å²) in [4.78, 5) is 23.8. The normalized spacial score (nSPS) is 16.6. The van der Waals surface area contributed by atoms with Crippen LogP contribution in [0.2, 0.25) is 5.02 Å². The van der Waals surface area contributed by atoms with Gasteiger partial charge in [-0.2, -0.15) is 0 Å². The predicted octanol–water partition coefficient (Wildman–Crippen LogP) is 4.29. The Bertz CT molecular complexity index is 1490. The van der Waals surface area contributed by atoms with Gasteiger partial charge in [0, 0.05) is 16.0 Å². The molecule has 11 heteroatoms. The smallest absolute Gasteiger partial charge is 0.409 e. The number of H-pyrrole nitrogens is 1. The van der Waals surface area contributed by atoms with E-state index in [0.717, 1.165) is 17.7 Å². The van der Waals surface area contributed by atoms with Crippen LogP contribution >= 0.6 is 11.6 Å². The van der Waals surface area contributed by atoms with E-state index >= 15 is 0 Å². The number of imidazole rings is 1. The zero-order chi connectivity index (χ0) is 25.6. The minimum absolute atomic E-state index is 0.206. The molecule has 1 aliphatic rings. The highest BCUT2D eigenvalue weighted by Gasteiger charge is 2.50. The number of amides is 1. The van der Waals surface area contributed by atoms with Crippen LogP contribution in [0.4, 0.5) is 19.3 Å². The quantitative estimate of drug-likeness (QED) is 0.235. The van der Waals surface area contributed by atoms with Gasteiger partial charge in [0.1, 0.15) is 18.8 Å². The fourth-order valence-electron chi connectivity index (χ4n) is 4.54. The largest absolute Gasteiger partial charge is 0.465 e. The van der Waals surface area contributed by atoms with Crippen LogP contribution in [-0.4, -0.2) is 33.4 Å². The minimum atomic E-state index is -1.56. The van der Waals surface area contributed by atoms with Gasteiger partial charge in [0.15, 0.2) is 5.82 Å². The van der Waals surface area contributed by atoms with Crippen LogP contribution in [-0.2, 0) is 12.0 Å². The van der Waals surface area contributed by atoms with Gasteiger partial charge >= 0.3 is 6.09 Å². The van der Waals surface area contributed by atoms with Gasteiger partial charge in [-0.25, -0.2) is 18.6 Å². The summed E-state index contributed by atoms with van der Waals surface area (Å²) in [5.41, 5.74) is 1.15. The Hall–Kier alpha value is -4.02. The van der Waals surface area contributed by atoms with E-state index in [1.54, 1.807) is 36.5 Å². The number of hydrogen-bond donors (Lipinski definition) is 4. The van der Waals surface area contributed by atoms with E-state index in [1.165, 1.54) is 18.0 Å². The number of fused-ring (bicyclic) bond motifs is 1. The fraction of sp³-hybridized carbons (Fsp3) is 0.160. The number of halogens is 3. The number of aromatic nitrogens is 3. The summed E-state index contributed by atoms with van der Waals surface area (Å²) in [5, 5.41) is 22.6. The standard InChI is InChI=1S/C25H19ClF2N4O4/c1-36-32-12-15(20-18(27)7-6-17(26)21(20)28)10-14-8-9-25(35,22(14)32)23-29-11-19(31-23)13-2-4-16(5-3-13)30-24(33)34/h2-7,10-12,30,35H,8-9H2,1H3,(H-,29,31,33,34)/p+1. The van der Waals surface area contributed by atoms with Crippen molar-refractivity contribution in [1.82, 2.24) is 9.97 Å². The highest BCUT2D eigenvalue weighted by molar-refractivity contribution is 6.31. The zero-order valence-corrected chi connectivity index (χ0v) is 19.6. The molecule has 0 fully saturated rings. The molecule has 4 aromatic rings. The molecule has 1 amide bonds. The molecule has 8 nitrogen and oxygen atoms in total. The third kappa shape index (κ3) is 3.94. The molecule has 4 N–H and O–H groups in total. The van der Waals surface area contributed by atoms with Gasteiger partial charge in [0.05, 0.1) is 28.0 Å². The van der Waals surface area contributed by atoms with Crippen LogP contribution < -0.4 is 14.9 Å². The van der Waals surface area contributed by atoms with Gasteiger partial charge < -0.3 is 15.2 Å². The summed E-state index contributed by atoms with van der Waals surface area (Å²) >= 11 is 5.87. The second-order valence-corrected chi connectivity index (χ2v) is 8.75. The Morgan fingerprint density at radius 2 is 1.97 bits per heavy atom. The number of aromatic amines is 1. The van der Waals surface area contributed by atoms with E-state index in [2.05, 4.69) is 15.3 Å². The number of hydrogen-bond acceptors (Lipinski definition) is 4. The number of pyridine rings is 1. The van der Waals surface area contributed by atoms with Gasteiger partial charge in [-0.15, -0.1) is 0 Å². The van der Waals surface area contributed by atoms with E-state index in [0.29, 0.717) is 29.1 Å². The lowest BCUT2D eigenvalue weighted by atomic mass is 9.98. The molecular formula is C25H20ClF2N4O4+. The minimum Gasteiger partial charge on any atom is -0.465 e. The van der Waals surface area contributed by atoms with E-state index in [4.69, 9.17) is 21.5 Å². The van der Waals surface area contributed by atoms with Crippen molar-refractivity contribution in [2.45, 2.75) is 18.4 Å². The van der Waals surface area contributed by atoms with Crippen LogP contribution in [0, 0.1) is 11.6 Å². The number of anilines is 1. The summed E-state index contributed by atoms with van der Waals surface area (Å²) in [6, 6.07) is 10.5. The first-order chi connectivity index (χ1) is 17.2. The third-order valence-corrected chi connectivity index (χ3v) is 6.49. The lowest BCUT2D eigenvalue weighted by molar-refractivity contribution is -0.893. The van der Waals surface area contributed by atoms with E-state index in [-0.39, 0.29) is 28.4 Å². The molecule has 1 aliphatic carbocycles. The van der Waals surface area contributed by atoms with Crippen LogP contribution in [0.5, 0.6) is 0 Å². The molecule has 1 unspecified atom stereocenters. The Morgan fingerprint density at radius 1 is 1.22 bits per heavy atom. The second kappa shape index (κ2) is 8.89. The van der Waals surface area contributed by atoms with E-state index < -0.39 is 23.3 Å². The van der Waals surface area contributed by atoms with Crippen molar-refractivity contribution >= 4 is 23.4 Å². The number of nitrogens with zero attached hydrogens (tertiary/aromatic N) is 2. The molecule has 1 atom stereocenters. The molecule has 0 spiro atoms. The number of aliphatic hydroxyl groups is 1. The van der Waals surface area contributed by atoms with Crippen molar-refractivity contribution in [3.8, 4) is 22.4 Å². The highest BCUT2D eigenvalue weighted by Crippen LogP contribution is 2.41. The van der Waals surface area contributed by atoms with Gasteiger partial charge in [-0.3, -0.25) is 10.2 Å². The number of rotatable bonds is 5. The number of carboxylic acid groups (broad SMARTS) is 1. The third-order valence-electron chi connectivity index (χ3n) is 6.20. The van der Waals surface area contributed by atoms with Gasteiger partial charge in [-0.05, 0) is 48.7 Å². The molecule has 2 aromatic carbocycles. The molecule has 2 aromatic heterocycles. The average Bonchev–Trinajstić information content (AvgIpc) is 3.48. The predicted molar refractivity (Wildman–Crippen MR) is 126 cm³/mol. The number of aryl methyl sites for hydroxylation is 1. The molecule has 2 heterocycles. The van der Waals surface area contributed by atoms with Crippen LogP contribution in [0.25, 0.3) is 22.4 Å². The SMILES string of the molecule is CO[n+]1cc(-c2c(F)ccc(Cl)c2F)cc2c1C(O)(c1ncc(-c3ccc(NC(=O)O)cc3)[nH]1)CC2. The number of nitrogens with one attached hydrogen (secondary N) is 2. The first-order valence-corrected chi connectivity index (χ1v) is 11.2. The van der Waals surface area contributed by atoms with E-state index in [1.807, 2.05) is 0 Å². The zero-order valence-electron chi connectivity index (χ0n) is 18.8. The van der Waals surface area contributed by atoms with Crippen molar-refractivity contribution in [3.05, 3.63) is 88.6 Å². The molecule has 184 valence electrons. The molecule has 0 aliphatic heterocycles. The van der Waals surface area contributed by atoms with Gasteiger partial charge in [-0.1, -0.05) is 23.7 Å².